The average Bonchev–Trinajstić information content (AvgIpc) is 2.48. The van der Waals surface area contributed by atoms with Gasteiger partial charge in [-0.3, -0.25) is 4.79 Å². The van der Waals surface area contributed by atoms with E-state index in [9.17, 15) is 9.59 Å². The van der Waals surface area contributed by atoms with Crippen molar-refractivity contribution in [1.29, 1.82) is 0 Å². The molecule has 1 amide bonds. The van der Waals surface area contributed by atoms with Crippen molar-refractivity contribution in [3.63, 3.8) is 0 Å². The lowest BCUT2D eigenvalue weighted by Gasteiger charge is -2.06. The van der Waals surface area contributed by atoms with Crippen LogP contribution in [0.5, 0.6) is 0 Å². The number of anilines is 1. The van der Waals surface area contributed by atoms with Crippen LogP contribution in [0.1, 0.15) is 26.3 Å². The second-order valence-electron chi connectivity index (χ2n) is 4.17. The molecule has 2 aromatic rings. The molecule has 0 saturated heterocycles. The highest BCUT2D eigenvalue weighted by Crippen LogP contribution is 2.12. The first-order valence-corrected chi connectivity index (χ1v) is 6.43. The second-order valence-corrected chi connectivity index (χ2v) is 4.43. The monoisotopic (exact) mass is 289 g/mol. The maximum Gasteiger partial charge on any atom is 0.335 e. The molecular weight excluding hydrogens is 278 g/mol. The minimum atomic E-state index is -1.00. The number of carbonyl (C=O) groups excluding carboxylic acids is 1. The van der Waals surface area contributed by atoms with Crippen molar-refractivity contribution >= 4 is 29.2 Å². The number of carbonyl (C=O) groups is 2. The first kappa shape index (κ1) is 14.1. The lowest BCUT2D eigenvalue weighted by atomic mass is 10.1. The first-order valence-electron chi connectivity index (χ1n) is 5.90. The minimum Gasteiger partial charge on any atom is -0.478 e. The third-order valence-electron chi connectivity index (χ3n) is 2.76. The maximum absolute atomic E-state index is 12.0. The fourth-order valence-electron chi connectivity index (χ4n) is 1.64. The second kappa shape index (κ2) is 6.21. The SMILES string of the molecule is O=C(O)c1ccc(NC(=O)c2ccc(CCl)cc2)cc1. The number of benzene rings is 2. The van der Waals surface area contributed by atoms with E-state index in [2.05, 4.69) is 5.32 Å². The van der Waals surface area contributed by atoms with Crippen molar-refractivity contribution in [2.75, 3.05) is 5.32 Å². The van der Waals surface area contributed by atoms with E-state index >= 15 is 0 Å². The maximum atomic E-state index is 12.0. The summed E-state index contributed by atoms with van der Waals surface area (Å²) >= 11 is 5.68. The Labute approximate surface area is 121 Å². The van der Waals surface area contributed by atoms with Gasteiger partial charge in [-0.05, 0) is 42.0 Å². The lowest BCUT2D eigenvalue weighted by Crippen LogP contribution is -2.12. The van der Waals surface area contributed by atoms with E-state index < -0.39 is 5.97 Å². The van der Waals surface area contributed by atoms with Crippen molar-refractivity contribution in [3.05, 3.63) is 65.2 Å². The van der Waals surface area contributed by atoms with E-state index in [-0.39, 0.29) is 11.5 Å². The van der Waals surface area contributed by atoms with E-state index in [1.807, 2.05) is 0 Å². The number of nitrogens with one attached hydrogen (secondary N) is 1. The Hall–Kier alpha value is -2.33. The number of alkyl halides is 1. The van der Waals surface area contributed by atoms with Crippen LogP contribution in [0, 0.1) is 0 Å². The van der Waals surface area contributed by atoms with Crippen LogP contribution in [0.25, 0.3) is 0 Å². The zero-order chi connectivity index (χ0) is 14.5. The molecule has 0 bridgehead atoms. The van der Waals surface area contributed by atoms with Crippen LogP contribution in [0.15, 0.2) is 48.5 Å². The summed E-state index contributed by atoms with van der Waals surface area (Å²) in [6.45, 7) is 0. The van der Waals surface area contributed by atoms with Gasteiger partial charge < -0.3 is 10.4 Å². The highest BCUT2D eigenvalue weighted by Gasteiger charge is 2.07. The van der Waals surface area contributed by atoms with Crippen LogP contribution < -0.4 is 5.32 Å². The first-order chi connectivity index (χ1) is 9.60. The van der Waals surface area contributed by atoms with Gasteiger partial charge in [-0.15, -0.1) is 11.6 Å². The molecule has 0 aliphatic heterocycles. The number of carboxylic acids is 1. The van der Waals surface area contributed by atoms with E-state index in [0.29, 0.717) is 17.1 Å². The smallest absolute Gasteiger partial charge is 0.335 e. The van der Waals surface area contributed by atoms with Crippen molar-refractivity contribution in [3.8, 4) is 0 Å². The summed E-state index contributed by atoms with van der Waals surface area (Å²) < 4.78 is 0. The standard InChI is InChI=1S/C15H12ClNO3/c16-9-10-1-3-11(4-2-10)14(18)17-13-7-5-12(6-8-13)15(19)20/h1-8H,9H2,(H,17,18)(H,19,20). The van der Waals surface area contributed by atoms with E-state index in [0.717, 1.165) is 5.56 Å². The zero-order valence-corrected chi connectivity index (χ0v) is 11.2. The highest BCUT2D eigenvalue weighted by molar-refractivity contribution is 6.17. The van der Waals surface area contributed by atoms with Crippen molar-refractivity contribution in [1.82, 2.24) is 0 Å². The largest absolute Gasteiger partial charge is 0.478 e. The van der Waals surface area contributed by atoms with Gasteiger partial charge >= 0.3 is 5.97 Å². The van der Waals surface area contributed by atoms with Gasteiger partial charge in [-0.1, -0.05) is 12.1 Å². The number of hydrogen-bond acceptors (Lipinski definition) is 2. The molecule has 0 radical (unpaired) electrons. The fourth-order valence-corrected chi connectivity index (χ4v) is 1.82. The Morgan fingerprint density at radius 2 is 1.50 bits per heavy atom. The molecule has 0 unspecified atom stereocenters. The quantitative estimate of drug-likeness (QED) is 0.848. The number of aromatic carboxylic acids is 1. The van der Waals surface area contributed by atoms with Crippen molar-refractivity contribution < 1.29 is 14.7 Å². The van der Waals surface area contributed by atoms with Crippen molar-refractivity contribution in [2.45, 2.75) is 5.88 Å². The molecule has 0 heterocycles. The molecule has 20 heavy (non-hydrogen) atoms. The van der Waals surface area contributed by atoms with Crippen LogP contribution in [0.3, 0.4) is 0 Å². The molecule has 0 aliphatic carbocycles. The molecule has 0 saturated carbocycles. The van der Waals surface area contributed by atoms with Crippen LogP contribution in [-0.2, 0) is 5.88 Å². The predicted octanol–water partition coefficient (Wildman–Crippen LogP) is 3.38. The lowest BCUT2D eigenvalue weighted by molar-refractivity contribution is 0.0696. The van der Waals surface area contributed by atoms with Gasteiger partial charge in [0, 0.05) is 17.1 Å². The molecule has 2 aromatic carbocycles. The summed E-state index contributed by atoms with van der Waals surface area (Å²) in [6, 6.07) is 12.9. The molecule has 2 rings (SSSR count). The summed E-state index contributed by atoms with van der Waals surface area (Å²) in [7, 11) is 0. The summed E-state index contributed by atoms with van der Waals surface area (Å²) in [5.41, 5.74) is 2.17. The minimum absolute atomic E-state index is 0.175. The summed E-state index contributed by atoms with van der Waals surface area (Å²) in [4.78, 5) is 22.7. The van der Waals surface area contributed by atoms with Gasteiger partial charge in [0.15, 0.2) is 0 Å². The van der Waals surface area contributed by atoms with Crippen LogP contribution in [0.4, 0.5) is 5.69 Å². The van der Waals surface area contributed by atoms with Crippen LogP contribution in [0.2, 0.25) is 0 Å². The molecule has 0 atom stereocenters. The normalized spacial score (nSPS) is 10.1. The Morgan fingerprint density at radius 3 is 2.00 bits per heavy atom. The number of rotatable bonds is 4. The predicted molar refractivity (Wildman–Crippen MR) is 77.4 cm³/mol. The highest BCUT2D eigenvalue weighted by atomic mass is 35.5. The van der Waals surface area contributed by atoms with Crippen molar-refractivity contribution in [2.24, 2.45) is 0 Å². The molecule has 2 N–H and O–H groups in total. The van der Waals surface area contributed by atoms with Gasteiger partial charge in [0.25, 0.3) is 5.91 Å². The van der Waals surface area contributed by atoms with E-state index in [1.54, 1.807) is 36.4 Å². The number of amides is 1. The van der Waals surface area contributed by atoms with E-state index in [4.69, 9.17) is 16.7 Å². The summed E-state index contributed by atoms with van der Waals surface area (Å²) in [5, 5.41) is 11.5. The molecule has 0 aliphatic rings. The van der Waals surface area contributed by atoms with Crippen LogP contribution >= 0.6 is 11.6 Å². The Morgan fingerprint density at radius 1 is 0.950 bits per heavy atom. The number of halogens is 1. The molecule has 102 valence electrons. The zero-order valence-electron chi connectivity index (χ0n) is 10.5. The van der Waals surface area contributed by atoms with E-state index in [1.165, 1.54) is 12.1 Å². The summed E-state index contributed by atoms with van der Waals surface area (Å²) in [6.07, 6.45) is 0. The molecule has 5 heteroatoms. The fraction of sp³-hybridized carbons (Fsp3) is 0.0667. The van der Waals surface area contributed by atoms with Gasteiger partial charge in [0.05, 0.1) is 5.56 Å². The molecule has 0 fully saturated rings. The Bertz CT molecular complexity index is 621. The molecular formula is C15H12ClNO3. The number of hydrogen-bond donors (Lipinski definition) is 2. The third kappa shape index (κ3) is 3.36. The van der Waals surface area contributed by atoms with Gasteiger partial charge in [0.1, 0.15) is 0 Å². The van der Waals surface area contributed by atoms with Gasteiger partial charge in [0.2, 0.25) is 0 Å². The molecule has 0 aromatic heterocycles. The van der Waals surface area contributed by atoms with Gasteiger partial charge in [-0.25, -0.2) is 4.79 Å². The Kier molecular flexibility index (Phi) is 4.38. The Balaban J connectivity index is 2.08. The van der Waals surface area contributed by atoms with Gasteiger partial charge in [-0.2, -0.15) is 0 Å². The van der Waals surface area contributed by atoms with Crippen LogP contribution in [-0.4, -0.2) is 17.0 Å². The average molecular weight is 290 g/mol. The molecule has 0 spiro atoms. The summed E-state index contributed by atoms with van der Waals surface area (Å²) in [5.74, 6) is -0.854. The number of carboxylic acid groups (broad SMARTS) is 1. The molecule has 4 nitrogen and oxygen atoms in total. The third-order valence-corrected chi connectivity index (χ3v) is 3.07. The topological polar surface area (TPSA) is 66.4 Å².